The molecule has 0 aliphatic heterocycles. The van der Waals surface area contributed by atoms with Crippen molar-refractivity contribution in [3.8, 4) is 0 Å². The number of Topliss-reactive ketones (excluding diaryl/α,β-unsaturated/α-hetero) is 1. The van der Waals surface area contributed by atoms with Crippen molar-refractivity contribution in [3.63, 3.8) is 0 Å². The first kappa shape index (κ1) is 14.1. The molecule has 0 spiro atoms. The van der Waals surface area contributed by atoms with Crippen LogP contribution >= 0.6 is 11.8 Å². The van der Waals surface area contributed by atoms with E-state index in [0.717, 1.165) is 0 Å². The molecule has 0 radical (unpaired) electrons. The Bertz CT molecular complexity index is 864. The summed E-state index contributed by atoms with van der Waals surface area (Å²) in [5, 5.41) is 11.3. The lowest BCUT2D eigenvalue weighted by Gasteiger charge is -2.02. The van der Waals surface area contributed by atoms with Crippen molar-refractivity contribution in [2.75, 3.05) is 5.75 Å². The van der Waals surface area contributed by atoms with Gasteiger partial charge in [0.1, 0.15) is 16.9 Å². The zero-order valence-corrected chi connectivity index (χ0v) is 11.9. The number of benzene rings is 1. The van der Waals surface area contributed by atoms with Crippen molar-refractivity contribution in [3.05, 3.63) is 52.6 Å². The van der Waals surface area contributed by atoms with Crippen molar-refractivity contribution in [1.29, 1.82) is 0 Å². The summed E-state index contributed by atoms with van der Waals surface area (Å²) in [6, 6.07) is 5.67. The number of rotatable bonds is 5. The van der Waals surface area contributed by atoms with Gasteiger partial charge in [-0.15, -0.1) is 0 Å². The molecule has 8 nitrogen and oxygen atoms in total. The number of nitrogens with one attached hydrogen (secondary N) is 1. The van der Waals surface area contributed by atoms with Gasteiger partial charge in [-0.05, 0) is 0 Å². The first-order valence-electron chi connectivity index (χ1n) is 6.19. The molecule has 3 aromatic rings. The molecule has 110 valence electrons. The molecule has 1 aromatic carbocycles. The Morgan fingerprint density at radius 1 is 1.32 bits per heavy atom. The Morgan fingerprint density at radius 2 is 2.18 bits per heavy atom. The van der Waals surface area contributed by atoms with Gasteiger partial charge in [0.25, 0.3) is 5.69 Å². The maximum atomic E-state index is 12.2. The second-order valence-electron chi connectivity index (χ2n) is 4.30. The van der Waals surface area contributed by atoms with E-state index in [2.05, 4.69) is 19.9 Å². The van der Waals surface area contributed by atoms with Gasteiger partial charge in [-0.25, -0.2) is 15.0 Å². The van der Waals surface area contributed by atoms with E-state index in [1.165, 1.54) is 42.6 Å². The minimum atomic E-state index is -0.525. The summed E-state index contributed by atoms with van der Waals surface area (Å²) in [7, 11) is 0. The Labute approximate surface area is 128 Å². The van der Waals surface area contributed by atoms with E-state index in [1.807, 2.05) is 0 Å². The molecule has 2 heterocycles. The van der Waals surface area contributed by atoms with Crippen LogP contribution in [0.2, 0.25) is 0 Å². The van der Waals surface area contributed by atoms with Crippen LogP contribution in [0.3, 0.4) is 0 Å². The van der Waals surface area contributed by atoms with Gasteiger partial charge in [-0.3, -0.25) is 14.9 Å². The first-order chi connectivity index (χ1) is 10.6. The summed E-state index contributed by atoms with van der Waals surface area (Å²) in [6.07, 6.45) is 2.88. The van der Waals surface area contributed by atoms with Crippen molar-refractivity contribution in [2.24, 2.45) is 0 Å². The number of carbonyl (C=O) groups excluding carboxylic acids is 1. The van der Waals surface area contributed by atoms with Crippen LogP contribution in [0.1, 0.15) is 10.4 Å². The Kier molecular flexibility index (Phi) is 3.79. The van der Waals surface area contributed by atoms with Gasteiger partial charge in [0.05, 0.1) is 17.0 Å². The standard InChI is InChI=1S/C13H9N5O3S/c19-10(8-2-1-3-9(4-8)18(20)21)5-22-13-11-12(15-6-14-11)16-7-17-13/h1-4,6-7H,5H2,(H,14,15,16,17). The number of nitro groups is 1. The molecule has 0 atom stereocenters. The highest BCUT2D eigenvalue weighted by atomic mass is 32.2. The summed E-state index contributed by atoms with van der Waals surface area (Å²) in [5.74, 6) is -0.0910. The van der Waals surface area contributed by atoms with Crippen LogP contribution in [0, 0.1) is 10.1 Å². The van der Waals surface area contributed by atoms with Crippen molar-refractivity contribution < 1.29 is 9.72 Å². The number of H-pyrrole nitrogens is 1. The number of thioether (sulfide) groups is 1. The summed E-state index contributed by atoms with van der Waals surface area (Å²) in [4.78, 5) is 37.4. The van der Waals surface area contributed by atoms with Crippen LogP contribution in [-0.4, -0.2) is 36.4 Å². The van der Waals surface area contributed by atoms with Gasteiger partial charge in [0, 0.05) is 17.7 Å². The molecule has 3 rings (SSSR count). The Hall–Kier alpha value is -2.81. The van der Waals surface area contributed by atoms with E-state index < -0.39 is 4.92 Å². The number of nitro benzene ring substituents is 1. The third-order valence-electron chi connectivity index (χ3n) is 2.91. The quantitative estimate of drug-likeness (QED) is 0.252. The van der Waals surface area contributed by atoms with Gasteiger partial charge >= 0.3 is 0 Å². The van der Waals surface area contributed by atoms with Crippen LogP contribution in [0.15, 0.2) is 41.9 Å². The average molecular weight is 315 g/mol. The molecule has 0 saturated heterocycles. The number of nitrogens with zero attached hydrogens (tertiary/aromatic N) is 4. The molecule has 1 N–H and O–H groups in total. The lowest BCUT2D eigenvalue weighted by Crippen LogP contribution is -2.03. The van der Waals surface area contributed by atoms with Crippen molar-refractivity contribution >= 4 is 34.4 Å². The number of ketones is 1. The van der Waals surface area contributed by atoms with Gasteiger partial charge in [0.15, 0.2) is 11.4 Å². The SMILES string of the molecule is O=C(CSc1ncnc2nc[nH]c12)c1cccc([N+](=O)[O-])c1. The molecule has 0 fully saturated rings. The number of imidazole rings is 1. The highest BCUT2D eigenvalue weighted by molar-refractivity contribution is 8.00. The van der Waals surface area contributed by atoms with Crippen molar-refractivity contribution in [2.45, 2.75) is 5.03 Å². The zero-order valence-electron chi connectivity index (χ0n) is 11.1. The molecule has 2 aromatic heterocycles. The molecule has 0 amide bonds. The smallest absolute Gasteiger partial charge is 0.270 e. The van der Waals surface area contributed by atoms with E-state index in [9.17, 15) is 14.9 Å². The minimum absolute atomic E-state index is 0.103. The van der Waals surface area contributed by atoms with Crippen LogP contribution in [0.5, 0.6) is 0 Å². The Balaban J connectivity index is 1.76. The number of aromatic amines is 1. The maximum absolute atomic E-state index is 12.2. The summed E-state index contributed by atoms with van der Waals surface area (Å²) >= 11 is 1.23. The van der Waals surface area contributed by atoms with E-state index in [-0.39, 0.29) is 17.2 Å². The number of aromatic nitrogens is 4. The summed E-state index contributed by atoms with van der Waals surface area (Å²) < 4.78 is 0. The lowest BCUT2D eigenvalue weighted by molar-refractivity contribution is -0.384. The molecule has 0 saturated carbocycles. The minimum Gasteiger partial charge on any atom is -0.341 e. The number of fused-ring (bicyclic) bond motifs is 1. The fourth-order valence-corrected chi connectivity index (χ4v) is 2.71. The second kappa shape index (κ2) is 5.90. The molecule has 0 bridgehead atoms. The molecular formula is C13H9N5O3S. The van der Waals surface area contributed by atoms with Gasteiger partial charge in [0.2, 0.25) is 0 Å². The van der Waals surface area contributed by atoms with Crippen LogP contribution in [0.25, 0.3) is 11.2 Å². The summed E-state index contributed by atoms with van der Waals surface area (Å²) in [6.45, 7) is 0. The van der Waals surface area contributed by atoms with Gasteiger partial charge in [-0.1, -0.05) is 23.9 Å². The number of hydrogen-bond acceptors (Lipinski definition) is 7. The average Bonchev–Trinajstić information content (AvgIpc) is 3.01. The third-order valence-corrected chi connectivity index (χ3v) is 3.90. The predicted molar refractivity (Wildman–Crippen MR) is 79.8 cm³/mol. The number of non-ortho nitro benzene ring substituents is 1. The molecular weight excluding hydrogens is 306 g/mol. The maximum Gasteiger partial charge on any atom is 0.270 e. The van der Waals surface area contributed by atoms with E-state index in [0.29, 0.717) is 21.8 Å². The number of hydrogen-bond donors (Lipinski definition) is 1. The van der Waals surface area contributed by atoms with Gasteiger partial charge < -0.3 is 4.98 Å². The molecule has 0 aliphatic carbocycles. The monoisotopic (exact) mass is 315 g/mol. The fourth-order valence-electron chi connectivity index (χ4n) is 1.86. The largest absolute Gasteiger partial charge is 0.341 e. The Morgan fingerprint density at radius 3 is 3.00 bits per heavy atom. The third kappa shape index (κ3) is 2.79. The zero-order chi connectivity index (χ0) is 15.5. The molecule has 0 unspecified atom stereocenters. The van der Waals surface area contributed by atoms with E-state index in [1.54, 1.807) is 6.07 Å². The van der Waals surface area contributed by atoms with Crippen LogP contribution in [0.4, 0.5) is 5.69 Å². The topological polar surface area (TPSA) is 115 Å². The predicted octanol–water partition coefficient (Wildman–Crippen LogP) is 2.24. The highest BCUT2D eigenvalue weighted by Gasteiger charge is 2.13. The second-order valence-corrected chi connectivity index (χ2v) is 5.26. The summed E-state index contributed by atoms with van der Waals surface area (Å²) in [5.41, 5.74) is 1.39. The normalized spacial score (nSPS) is 10.7. The highest BCUT2D eigenvalue weighted by Crippen LogP contribution is 2.23. The van der Waals surface area contributed by atoms with Crippen LogP contribution in [-0.2, 0) is 0 Å². The molecule has 0 aliphatic rings. The van der Waals surface area contributed by atoms with E-state index >= 15 is 0 Å². The fraction of sp³-hybridized carbons (Fsp3) is 0.0769. The van der Waals surface area contributed by atoms with Crippen LogP contribution < -0.4 is 0 Å². The number of carbonyl (C=O) groups is 1. The van der Waals surface area contributed by atoms with Gasteiger partial charge in [-0.2, -0.15) is 0 Å². The van der Waals surface area contributed by atoms with Crippen molar-refractivity contribution in [1.82, 2.24) is 19.9 Å². The lowest BCUT2D eigenvalue weighted by atomic mass is 10.1. The van der Waals surface area contributed by atoms with E-state index in [4.69, 9.17) is 0 Å². The molecule has 9 heteroatoms. The first-order valence-corrected chi connectivity index (χ1v) is 7.18. The molecule has 22 heavy (non-hydrogen) atoms.